The highest BCUT2D eigenvalue weighted by Gasteiger charge is 2.27. The van der Waals surface area contributed by atoms with Crippen molar-refractivity contribution < 1.29 is 14.6 Å². The Morgan fingerprint density at radius 1 is 1.04 bits per heavy atom. The van der Waals surface area contributed by atoms with Crippen LogP contribution in [0.4, 0.5) is 17.1 Å². The molecule has 9 heteroatoms. The number of nitro benzene ring substituents is 2. The van der Waals surface area contributed by atoms with Gasteiger partial charge in [0.05, 0.1) is 21.1 Å². The third kappa shape index (κ3) is 2.67. The molecule has 0 aromatic heterocycles. The fourth-order valence-electron chi connectivity index (χ4n) is 2.26. The van der Waals surface area contributed by atoms with Crippen LogP contribution < -0.4 is 5.32 Å². The minimum atomic E-state index is -0.781. The number of hydrogen-bond acceptors (Lipinski definition) is 7. The second-order valence-electron chi connectivity index (χ2n) is 4.81. The fourth-order valence-corrected chi connectivity index (χ4v) is 2.26. The molecule has 0 saturated heterocycles. The van der Waals surface area contributed by atoms with Crippen LogP contribution in [0.2, 0.25) is 0 Å². The summed E-state index contributed by atoms with van der Waals surface area (Å²) in [4.78, 5) is 20.6. The number of fused-ring (bicyclic) bond motifs is 1. The van der Waals surface area contributed by atoms with Crippen LogP contribution in [0, 0.1) is 25.6 Å². The van der Waals surface area contributed by atoms with Gasteiger partial charge in [0.25, 0.3) is 11.4 Å². The van der Waals surface area contributed by atoms with E-state index in [1.54, 1.807) is 6.07 Å². The molecule has 2 N–H and O–H groups in total. The molecular formula is C14H10N4O5. The number of ether oxygens (including phenoxy) is 1. The van der Waals surface area contributed by atoms with Crippen LogP contribution in [0.1, 0.15) is 17.4 Å². The zero-order valence-electron chi connectivity index (χ0n) is 11.6. The van der Waals surface area contributed by atoms with E-state index in [2.05, 4.69) is 5.32 Å². The van der Waals surface area contributed by atoms with Gasteiger partial charge in [0.15, 0.2) is 6.23 Å². The molecular weight excluding hydrogens is 304 g/mol. The maximum absolute atomic E-state index is 10.8. The molecule has 1 atom stereocenters. The summed E-state index contributed by atoms with van der Waals surface area (Å²) >= 11 is 0. The summed E-state index contributed by atoms with van der Waals surface area (Å²) in [5.41, 5.74) is 0.999. The summed E-state index contributed by atoms with van der Waals surface area (Å²) in [5, 5.41) is 32.5. The Balaban J connectivity index is 1.95. The van der Waals surface area contributed by atoms with Gasteiger partial charge in [-0.3, -0.25) is 25.6 Å². The van der Waals surface area contributed by atoms with Gasteiger partial charge in [0, 0.05) is 29.8 Å². The van der Waals surface area contributed by atoms with E-state index in [1.807, 2.05) is 0 Å². The van der Waals surface area contributed by atoms with Crippen LogP contribution in [0.5, 0.6) is 0 Å². The van der Waals surface area contributed by atoms with Gasteiger partial charge in [0.1, 0.15) is 0 Å². The van der Waals surface area contributed by atoms with Gasteiger partial charge >= 0.3 is 0 Å². The first-order chi connectivity index (χ1) is 11.0. The molecule has 0 amide bonds. The first-order valence-corrected chi connectivity index (χ1v) is 6.50. The molecule has 1 heterocycles. The number of nitrogens with zero attached hydrogens (tertiary/aromatic N) is 2. The van der Waals surface area contributed by atoms with Crippen molar-refractivity contribution in [3.63, 3.8) is 0 Å². The number of nitrogens with one attached hydrogen (secondary N) is 2. The fraction of sp³-hybridized carbons (Fsp3) is 0.0714. The second-order valence-corrected chi connectivity index (χ2v) is 4.81. The Morgan fingerprint density at radius 3 is 2.43 bits per heavy atom. The molecule has 2 aromatic carbocycles. The monoisotopic (exact) mass is 314 g/mol. The Kier molecular flexibility index (Phi) is 3.37. The zero-order chi connectivity index (χ0) is 16.6. The molecule has 1 aliphatic heterocycles. The van der Waals surface area contributed by atoms with Gasteiger partial charge in [-0.15, -0.1) is 0 Å². The molecule has 3 rings (SSSR count). The summed E-state index contributed by atoms with van der Waals surface area (Å²) in [6.45, 7) is 0. The third-order valence-corrected chi connectivity index (χ3v) is 3.36. The minimum Gasteiger partial charge on any atom is -0.449 e. The first kappa shape index (κ1) is 14.4. The van der Waals surface area contributed by atoms with Gasteiger partial charge in [0.2, 0.25) is 5.90 Å². The molecule has 1 unspecified atom stereocenters. The normalized spacial score (nSPS) is 16.0. The molecule has 1 aliphatic rings. The SMILES string of the molecule is N=C1OC(c2cccc([N+](=O)[O-])c2)Nc2ccc([N+](=O)[O-])cc21. The molecule has 0 spiro atoms. The van der Waals surface area contributed by atoms with Gasteiger partial charge in [-0.25, -0.2) is 0 Å². The van der Waals surface area contributed by atoms with Crippen LogP contribution in [-0.2, 0) is 4.74 Å². The highest BCUT2D eigenvalue weighted by molar-refractivity contribution is 5.99. The number of non-ortho nitro benzene ring substituents is 2. The van der Waals surface area contributed by atoms with E-state index in [1.165, 1.54) is 36.4 Å². The quantitative estimate of drug-likeness (QED) is 0.661. The van der Waals surface area contributed by atoms with E-state index >= 15 is 0 Å². The average Bonchev–Trinajstić information content (AvgIpc) is 2.54. The highest BCUT2D eigenvalue weighted by Crippen LogP contribution is 2.33. The molecule has 0 saturated carbocycles. The molecule has 9 nitrogen and oxygen atoms in total. The lowest BCUT2D eigenvalue weighted by molar-refractivity contribution is -0.385. The number of anilines is 1. The molecule has 0 radical (unpaired) electrons. The van der Waals surface area contributed by atoms with E-state index < -0.39 is 16.1 Å². The number of hydrogen-bond donors (Lipinski definition) is 2. The number of nitro groups is 2. The summed E-state index contributed by atoms with van der Waals surface area (Å²) in [6, 6.07) is 9.90. The lowest BCUT2D eigenvalue weighted by Crippen LogP contribution is -2.25. The van der Waals surface area contributed by atoms with E-state index in [4.69, 9.17) is 10.1 Å². The van der Waals surface area contributed by atoms with Gasteiger partial charge < -0.3 is 10.1 Å². The largest absolute Gasteiger partial charge is 0.449 e. The molecule has 0 bridgehead atoms. The van der Waals surface area contributed by atoms with Gasteiger partial charge in [-0.1, -0.05) is 12.1 Å². The lowest BCUT2D eigenvalue weighted by Gasteiger charge is -2.28. The predicted molar refractivity (Wildman–Crippen MR) is 80.5 cm³/mol. The minimum absolute atomic E-state index is 0.0890. The van der Waals surface area contributed by atoms with Crippen LogP contribution in [0.25, 0.3) is 0 Å². The zero-order valence-corrected chi connectivity index (χ0v) is 11.6. The van der Waals surface area contributed by atoms with Crippen molar-refractivity contribution in [3.05, 3.63) is 73.8 Å². The Hall–Kier alpha value is -3.49. The number of rotatable bonds is 3. The standard InChI is InChI=1S/C14H10N4O5/c15-13-11-7-10(18(21)22)4-5-12(11)16-14(23-13)8-2-1-3-9(6-8)17(19)20/h1-7,14-16H. The second kappa shape index (κ2) is 5.37. The summed E-state index contributed by atoms with van der Waals surface area (Å²) in [5.74, 6) is -0.237. The van der Waals surface area contributed by atoms with Crippen molar-refractivity contribution >= 4 is 23.0 Å². The van der Waals surface area contributed by atoms with Crippen molar-refractivity contribution in [3.8, 4) is 0 Å². The maximum atomic E-state index is 10.8. The Labute approximate surface area is 129 Å². The molecule has 116 valence electrons. The van der Waals surface area contributed by atoms with Crippen molar-refractivity contribution in [1.82, 2.24) is 0 Å². The Bertz CT molecular complexity index is 836. The van der Waals surface area contributed by atoms with Gasteiger partial charge in [-0.05, 0) is 6.07 Å². The Morgan fingerprint density at radius 2 is 1.74 bits per heavy atom. The lowest BCUT2D eigenvalue weighted by atomic mass is 10.1. The van der Waals surface area contributed by atoms with Crippen LogP contribution >= 0.6 is 0 Å². The van der Waals surface area contributed by atoms with Crippen molar-refractivity contribution in [2.45, 2.75) is 6.23 Å². The smallest absolute Gasteiger partial charge is 0.270 e. The van der Waals surface area contributed by atoms with E-state index in [9.17, 15) is 20.2 Å². The van der Waals surface area contributed by atoms with Crippen LogP contribution in [0.3, 0.4) is 0 Å². The molecule has 23 heavy (non-hydrogen) atoms. The summed E-state index contributed by atoms with van der Waals surface area (Å²) < 4.78 is 5.40. The van der Waals surface area contributed by atoms with E-state index in [-0.39, 0.29) is 22.8 Å². The highest BCUT2D eigenvalue weighted by atomic mass is 16.6. The van der Waals surface area contributed by atoms with Gasteiger partial charge in [-0.2, -0.15) is 0 Å². The predicted octanol–water partition coefficient (Wildman–Crippen LogP) is 2.97. The maximum Gasteiger partial charge on any atom is 0.270 e. The average molecular weight is 314 g/mol. The van der Waals surface area contributed by atoms with Crippen molar-refractivity contribution in [2.24, 2.45) is 0 Å². The third-order valence-electron chi connectivity index (χ3n) is 3.36. The van der Waals surface area contributed by atoms with Crippen molar-refractivity contribution in [2.75, 3.05) is 5.32 Å². The van der Waals surface area contributed by atoms with E-state index in [0.29, 0.717) is 11.3 Å². The molecule has 2 aromatic rings. The van der Waals surface area contributed by atoms with Crippen LogP contribution in [-0.4, -0.2) is 15.7 Å². The van der Waals surface area contributed by atoms with Crippen molar-refractivity contribution in [1.29, 1.82) is 5.41 Å². The number of benzene rings is 2. The van der Waals surface area contributed by atoms with Crippen LogP contribution in [0.15, 0.2) is 42.5 Å². The summed E-state index contributed by atoms with van der Waals surface area (Å²) in [7, 11) is 0. The molecule has 0 aliphatic carbocycles. The molecule has 0 fully saturated rings. The topological polar surface area (TPSA) is 131 Å². The first-order valence-electron chi connectivity index (χ1n) is 6.50. The summed E-state index contributed by atoms with van der Waals surface area (Å²) in [6.07, 6.45) is -0.781. The van der Waals surface area contributed by atoms with E-state index in [0.717, 1.165) is 0 Å².